The predicted octanol–water partition coefficient (Wildman–Crippen LogP) is 4.42. The lowest BCUT2D eigenvalue weighted by Gasteiger charge is -2.29. The summed E-state index contributed by atoms with van der Waals surface area (Å²) >= 11 is 11.8. The molecule has 0 unspecified atom stereocenters. The van der Waals surface area contributed by atoms with E-state index in [2.05, 4.69) is 5.32 Å². The van der Waals surface area contributed by atoms with Crippen LogP contribution in [0, 0.1) is 0 Å². The molecule has 116 valence electrons. The van der Waals surface area contributed by atoms with Gasteiger partial charge >= 0.3 is 6.03 Å². The average molecular weight is 331 g/mol. The van der Waals surface area contributed by atoms with E-state index in [1.165, 1.54) is 0 Å². The molecule has 0 saturated carbocycles. The molecule has 1 aliphatic heterocycles. The van der Waals surface area contributed by atoms with Gasteiger partial charge in [-0.2, -0.15) is 0 Å². The highest BCUT2D eigenvalue weighted by atomic mass is 35.5. The molecule has 1 aromatic rings. The Labute approximate surface area is 135 Å². The lowest BCUT2D eigenvalue weighted by atomic mass is 10.1. The molecule has 0 aliphatic carbocycles. The molecule has 1 atom stereocenters. The first kappa shape index (κ1) is 16.4. The van der Waals surface area contributed by atoms with Crippen molar-refractivity contribution in [2.45, 2.75) is 32.3 Å². The quantitative estimate of drug-likeness (QED) is 0.887. The molecule has 1 saturated heterocycles. The van der Waals surface area contributed by atoms with E-state index in [1.54, 1.807) is 23.1 Å². The lowest BCUT2D eigenvalue weighted by Crippen LogP contribution is -2.41. The van der Waals surface area contributed by atoms with E-state index in [0.717, 1.165) is 25.9 Å². The number of urea groups is 1. The van der Waals surface area contributed by atoms with Crippen LogP contribution in [0.15, 0.2) is 18.2 Å². The number of benzene rings is 1. The van der Waals surface area contributed by atoms with Crippen LogP contribution in [0.5, 0.6) is 0 Å². The molecular weight excluding hydrogens is 311 g/mol. The number of nitrogens with one attached hydrogen (secondary N) is 1. The van der Waals surface area contributed by atoms with Crippen molar-refractivity contribution in [1.29, 1.82) is 0 Å². The Morgan fingerprint density at radius 1 is 1.38 bits per heavy atom. The molecule has 2 amide bonds. The molecular formula is C15H20Cl2N2O2. The number of nitrogens with zero attached hydrogens (tertiary/aromatic N) is 1. The number of ether oxygens (including phenoxy) is 1. The van der Waals surface area contributed by atoms with Gasteiger partial charge in [-0.1, -0.05) is 23.2 Å². The maximum absolute atomic E-state index is 12.3. The molecule has 0 bridgehead atoms. The maximum atomic E-state index is 12.3. The predicted molar refractivity (Wildman–Crippen MR) is 86.3 cm³/mol. The summed E-state index contributed by atoms with van der Waals surface area (Å²) in [5.74, 6) is 0. The maximum Gasteiger partial charge on any atom is 0.321 e. The third kappa shape index (κ3) is 4.77. The molecule has 1 N–H and O–H groups in total. The summed E-state index contributed by atoms with van der Waals surface area (Å²) in [5.41, 5.74) is 0.636. The number of anilines is 1. The molecule has 1 heterocycles. The number of carbonyl (C=O) groups excluding carboxylic acids is 1. The van der Waals surface area contributed by atoms with Gasteiger partial charge < -0.3 is 15.0 Å². The Balaban J connectivity index is 1.94. The van der Waals surface area contributed by atoms with Gasteiger partial charge in [0.2, 0.25) is 0 Å². The van der Waals surface area contributed by atoms with Crippen LogP contribution in [0.2, 0.25) is 10.0 Å². The molecule has 4 nitrogen and oxygen atoms in total. The first-order valence-corrected chi connectivity index (χ1v) is 7.98. The second-order valence-electron chi connectivity index (χ2n) is 5.09. The summed E-state index contributed by atoms with van der Waals surface area (Å²) in [6.45, 7) is 3.99. The van der Waals surface area contributed by atoms with Crippen molar-refractivity contribution in [1.82, 2.24) is 4.90 Å². The smallest absolute Gasteiger partial charge is 0.321 e. The summed E-state index contributed by atoms with van der Waals surface area (Å²) in [6.07, 6.45) is 3.42. The molecule has 0 spiro atoms. The first-order chi connectivity index (χ1) is 10.1. The second-order valence-corrected chi connectivity index (χ2v) is 5.90. The first-order valence-electron chi connectivity index (χ1n) is 7.22. The Bertz CT molecular complexity index is 491. The third-order valence-electron chi connectivity index (χ3n) is 3.54. The van der Waals surface area contributed by atoms with Crippen molar-refractivity contribution in [3.8, 4) is 0 Å². The summed E-state index contributed by atoms with van der Waals surface area (Å²) in [5, 5.41) is 3.73. The molecule has 2 rings (SSSR count). The van der Waals surface area contributed by atoms with Crippen LogP contribution in [0.3, 0.4) is 0 Å². The zero-order valence-corrected chi connectivity index (χ0v) is 13.6. The number of halogens is 2. The van der Waals surface area contributed by atoms with E-state index in [0.29, 0.717) is 28.8 Å². The topological polar surface area (TPSA) is 41.6 Å². The van der Waals surface area contributed by atoms with Gasteiger partial charge in [0.15, 0.2) is 0 Å². The van der Waals surface area contributed by atoms with E-state index in [9.17, 15) is 4.79 Å². The summed E-state index contributed by atoms with van der Waals surface area (Å²) in [7, 11) is 0. The minimum atomic E-state index is -0.148. The van der Waals surface area contributed by atoms with Crippen molar-refractivity contribution in [2.75, 3.05) is 25.0 Å². The summed E-state index contributed by atoms with van der Waals surface area (Å²) in [6, 6.07) is 4.90. The van der Waals surface area contributed by atoms with Crippen molar-refractivity contribution in [2.24, 2.45) is 0 Å². The average Bonchev–Trinajstić information content (AvgIpc) is 2.49. The van der Waals surface area contributed by atoms with Crippen molar-refractivity contribution in [3.63, 3.8) is 0 Å². The van der Waals surface area contributed by atoms with Crippen LogP contribution in [0.4, 0.5) is 10.5 Å². The number of carbonyl (C=O) groups is 1. The van der Waals surface area contributed by atoms with E-state index in [-0.39, 0.29) is 12.1 Å². The van der Waals surface area contributed by atoms with Crippen molar-refractivity contribution < 1.29 is 9.53 Å². The van der Waals surface area contributed by atoms with Crippen LogP contribution in [0.25, 0.3) is 0 Å². The standard InChI is InChI=1S/C15H20Cl2N2O2/c1-2-19(10-12-5-3-4-8-21-12)15(20)18-11-6-7-13(16)14(17)9-11/h6-7,9,12H,2-5,8,10H2,1H3,(H,18,20)/t12-/m0/s1. The van der Waals surface area contributed by atoms with Crippen LogP contribution in [-0.2, 0) is 4.74 Å². The summed E-state index contributed by atoms with van der Waals surface area (Å²) in [4.78, 5) is 14.0. The van der Waals surface area contributed by atoms with E-state index < -0.39 is 0 Å². The molecule has 0 radical (unpaired) electrons. The Morgan fingerprint density at radius 2 is 2.19 bits per heavy atom. The zero-order chi connectivity index (χ0) is 15.2. The number of likely N-dealkylation sites (N-methyl/N-ethyl adjacent to an activating group) is 1. The highest BCUT2D eigenvalue weighted by molar-refractivity contribution is 6.42. The van der Waals surface area contributed by atoms with Crippen LogP contribution < -0.4 is 5.32 Å². The lowest BCUT2D eigenvalue weighted by molar-refractivity contribution is 0.00221. The fourth-order valence-corrected chi connectivity index (χ4v) is 2.63. The Kier molecular flexibility index (Phi) is 6.15. The van der Waals surface area contributed by atoms with Gasteiger partial charge in [-0.25, -0.2) is 4.79 Å². The second kappa shape index (κ2) is 7.87. The normalized spacial score (nSPS) is 18.3. The fraction of sp³-hybridized carbons (Fsp3) is 0.533. The Morgan fingerprint density at radius 3 is 2.81 bits per heavy atom. The van der Waals surface area contributed by atoms with Crippen molar-refractivity contribution in [3.05, 3.63) is 28.2 Å². The van der Waals surface area contributed by atoms with Gasteiger partial charge in [0, 0.05) is 25.4 Å². The van der Waals surface area contributed by atoms with Gasteiger partial charge in [0.05, 0.1) is 16.1 Å². The molecule has 1 aliphatic rings. The third-order valence-corrected chi connectivity index (χ3v) is 4.28. The van der Waals surface area contributed by atoms with Gasteiger partial charge in [0.25, 0.3) is 0 Å². The van der Waals surface area contributed by atoms with Gasteiger partial charge in [-0.15, -0.1) is 0 Å². The fourth-order valence-electron chi connectivity index (χ4n) is 2.33. The number of hydrogen-bond donors (Lipinski definition) is 1. The highest BCUT2D eigenvalue weighted by Crippen LogP contribution is 2.25. The van der Waals surface area contributed by atoms with Gasteiger partial charge in [0.1, 0.15) is 0 Å². The van der Waals surface area contributed by atoms with Crippen LogP contribution >= 0.6 is 23.2 Å². The van der Waals surface area contributed by atoms with Gasteiger partial charge in [-0.3, -0.25) is 0 Å². The van der Waals surface area contributed by atoms with E-state index in [4.69, 9.17) is 27.9 Å². The largest absolute Gasteiger partial charge is 0.376 e. The monoisotopic (exact) mass is 330 g/mol. The molecule has 1 fully saturated rings. The summed E-state index contributed by atoms with van der Waals surface area (Å²) < 4.78 is 5.69. The van der Waals surface area contributed by atoms with E-state index >= 15 is 0 Å². The number of rotatable bonds is 4. The molecule has 0 aromatic heterocycles. The SMILES string of the molecule is CCN(C[C@@H]1CCCCO1)C(=O)Nc1ccc(Cl)c(Cl)c1. The van der Waals surface area contributed by atoms with Crippen LogP contribution in [-0.4, -0.2) is 36.7 Å². The number of hydrogen-bond acceptors (Lipinski definition) is 2. The molecule has 21 heavy (non-hydrogen) atoms. The molecule has 1 aromatic carbocycles. The van der Waals surface area contributed by atoms with Crippen LogP contribution in [0.1, 0.15) is 26.2 Å². The van der Waals surface area contributed by atoms with Gasteiger partial charge in [-0.05, 0) is 44.4 Å². The minimum Gasteiger partial charge on any atom is -0.376 e. The van der Waals surface area contributed by atoms with E-state index in [1.807, 2.05) is 6.92 Å². The Hall–Kier alpha value is -0.970. The zero-order valence-electron chi connectivity index (χ0n) is 12.1. The minimum absolute atomic E-state index is 0.137. The highest BCUT2D eigenvalue weighted by Gasteiger charge is 2.20. The number of amides is 2. The molecule has 6 heteroatoms. The van der Waals surface area contributed by atoms with Crippen molar-refractivity contribution >= 4 is 34.9 Å².